The third kappa shape index (κ3) is 3.54. The Kier molecular flexibility index (Phi) is 5.58. The van der Waals surface area contributed by atoms with Gasteiger partial charge in [-0.2, -0.15) is 0 Å². The summed E-state index contributed by atoms with van der Waals surface area (Å²) < 4.78 is 7.65. The van der Waals surface area contributed by atoms with Crippen LogP contribution in [0, 0.1) is 46.8 Å². The molecule has 0 aromatic heterocycles. The molecule has 3 nitrogen and oxygen atoms in total. The van der Waals surface area contributed by atoms with Crippen LogP contribution in [0.3, 0.4) is 0 Å². The molecule has 4 saturated carbocycles. The van der Waals surface area contributed by atoms with Crippen LogP contribution in [-0.4, -0.2) is 22.4 Å². The SMILES string of the molecule is CC1(C2CCCC2)OC23CCC1C(N)C2C#CCc1cc(O)ccc1CC1CC3CC2(CCCC2)C1. The predicted molar refractivity (Wildman–Crippen MR) is 143 cm³/mol. The monoisotopic (exact) mass is 487 g/mol. The van der Waals surface area contributed by atoms with Crippen LogP contribution < -0.4 is 5.73 Å². The fourth-order valence-electron chi connectivity index (χ4n) is 10.6. The van der Waals surface area contributed by atoms with Crippen molar-refractivity contribution in [2.75, 3.05) is 0 Å². The van der Waals surface area contributed by atoms with Crippen molar-refractivity contribution in [3.8, 4) is 17.6 Å². The van der Waals surface area contributed by atoms with Gasteiger partial charge in [0.05, 0.1) is 17.1 Å². The number of phenols is 1. The molecule has 4 bridgehead atoms. The van der Waals surface area contributed by atoms with Crippen molar-refractivity contribution in [3.05, 3.63) is 29.3 Å². The number of hydrogen-bond acceptors (Lipinski definition) is 3. The number of nitrogens with two attached hydrogens (primary N) is 1. The molecule has 5 aliphatic carbocycles. The van der Waals surface area contributed by atoms with E-state index in [2.05, 4.69) is 24.8 Å². The highest BCUT2D eigenvalue weighted by Gasteiger charge is 2.66. The lowest BCUT2D eigenvalue weighted by atomic mass is 9.50. The lowest BCUT2D eigenvalue weighted by molar-refractivity contribution is -0.310. The second kappa shape index (κ2) is 8.51. The molecular weight excluding hydrogens is 442 g/mol. The summed E-state index contributed by atoms with van der Waals surface area (Å²) >= 11 is 0. The minimum atomic E-state index is -0.189. The van der Waals surface area contributed by atoms with Gasteiger partial charge in [-0.05, 0) is 118 Å². The Balaban J connectivity index is 1.35. The van der Waals surface area contributed by atoms with Crippen molar-refractivity contribution in [2.45, 2.75) is 120 Å². The topological polar surface area (TPSA) is 55.5 Å². The van der Waals surface area contributed by atoms with Gasteiger partial charge in [-0.1, -0.05) is 43.6 Å². The van der Waals surface area contributed by atoms with Gasteiger partial charge in [-0.15, -0.1) is 0 Å². The summed E-state index contributed by atoms with van der Waals surface area (Å²) in [5.41, 5.74) is 10.1. The first-order chi connectivity index (χ1) is 17.4. The number of rotatable bonds is 1. The molecule has 0 amide bonds. The number of aromatic hydroxyl groups is 1. The first kappa shape index (κ1) is 23.6. The van der Waals surface area contributed by atoms with Crippen molar-refractivity contribution in [1.29, 1.82) is 0 Å². The maximum absolute atomic E-state index is 10.3. The zero-order valence-corrected chi connectivity index (χ0v) is 22.2. The molecule has 7 aliphatic rings. The number of ether oxygens (including phenoxy) is 1. The van der Waals surface area contributed by atoms with Gasteiger partial charge in [-0.25, -0.2) is 0 Å². The van der Waals surface area contributed by atoms with Crippen LogP contribution in [0.15, 0.2) is 18.2 Å². The summed E-state index contributed by atoms with van der Waals surface area (Å²) in [6, 6.07) is 6.12. The fraction of sp³-hybridized carbons (Fsp3) is 0.758. The Labute approximate surface area is 217 Å². The smallest absolute Gasteiger partial charge is 0.115 e. The summed E-state index contributed by atoms with van der Waals surface area (Å²) in [4.78, 5) is 0. The molecule has 8 rings (SSSR count). The molecule has 2 saturated heterocycles. The van der Waals surface area contributed by atoms with Crippen LogP contribution in [-0.2, 0) is 17.6 Å². The van der Waals surface area contributed by atoms with Crippen LogP contribution >= 0.6 is 0 Å². The first-order valence-electron chi connectivity index (χ1n) is 15.2. The van der Waals surface area contributed by atoms with Crippen LogP contribution in [0.1, 0.15) is 102 Å². The Morgan fingerprint density at radius 2 is 1.78 bits per heavy atom. The van der Waals surface area contributed by atoms with Gasteiger partial charge < -0.3 is 15.6 Å². The summed E-state index contributed by atoms with van der Waals surface area (Å²) in [6.07, 6.45) is 19.0. The van der Waals surface area contributed by atoms with Crippen molar-refractivity contribution in [3.63, 3.8) is 0 Å². The van der Waals surface area contributed by atoms with E-state index in [1.807, 2.05) is 12.1 Å². The maximum Gasteiger partial charge on any atom is 0.115 e. The van der Waals surface area contributed by atoms with Crippen molar-refractivity contribution < 1.29 is 9.84 Å². The third-order valence-corrected chi connectivity index (χ3v) is 12.1. The zero-order valence-electron chi connectivity index (χ0n) is 22.2. The molecule has 0 radical (unpaired) electrons. The normalized spacial score (nSPS) is 43.3. The molecule has 6 fully saturated rings. The molecule has 7 unspecified atom stereocenters. The summed E-state index contributed by atoms with van der Waals surface area (Å²) in [5, 5.41) is 10.3. The number of phenolic OH excluding ortho intramolecular Hbond substituents is 1. The van der Waals surface area contributed by atoms with E-state index >= 15 is 0 Å². The van der Waals surface area contributed by atoms with E-state index in [1.54, 1.807) is 0 Å². The second-order valence-electron chi connectivity index (χ2n) is 14.0. The van der Waals surface area contributed by atoms with Gasteiger partial charge >= 0.3 is 0 Å². The summed E-state index contributed by atoms with van der Waals surface area (Å²) in [6.45, 7) is 2.45. The molecule has 7 atom stereocenters. The second-order valence-corrected chi connectivity index (χ2v) is 14.0. The van der Waals surface area contributed by atoms with Crippen molar-refractivity contribution >= 4 is 0 Å². The lowest BCUT2D eigenvalue weighted by Gasteiger charge is -2.66. The van der Waals surface area contributed by atoms with E-state index in [4.69, 9.17) is 10.5 Å². The Morgan fingerprint density at radius 1 is 0.972 bits per heavy atom. The van der Waals surface area contributed by atoms with Crippen LogP contribution in [0.25, 0.3) is 0 Å². The summed E-state index contributed by atoms with van der Waals surface area (Å²) in [5.74, 6) is 10.2. The van der Waals surface area contributed by atoms with E-state index in [-0.39, 0.29) is 23.2 Å². The average molecular weight is 488 g/mol. The third-order valence-electron chi connectivity index (χ3n) is 12.1. The van der Waals surface area contributed by atoms with Crippen LogP contribution in [0.2, 0.25) is 0 Å². The van der Waals surface area contributed by atoms with Crippen LogP contribution in [0.4, 0.5) is 0 Å². The zero-order chi connectivity index (χ0) is 24.5. The highest BCUT2D eigenvalue weighted by molar-refractivity contribution is 5.38. The Hall–Kier alpha value is -1.50. The predicted octanol–water partition coefficient (Wildman–Crippen LogP) is 6.54. The van der Waals surface area contributed by atoms with Crippen LogP contribution in [0.5, 0.6) is 5.75 Å². The number of fused-ring (bicyclic) bond motifs is 5. The molecule has 194 valence electrons. The molecule has 36 heavy (non-hydrogen) atoms. The van der Waals surface area contributed by atoms with Gasteiger partial charge in [-0.3, -0.25) is 0 Å². The van der Waals surface area contributed by atoms with Gasteiger partial charge in [0.25, 0.3) is 0 Å². The minimum absolute atomic E-state index is 0.0862. The highest BCUT2D eigenvalue weighted by Crippen LogP contribution is 2.64. The van der Waals surface area contributed by atoms with Crippen molar-refractivity contribution in [2.24, 2.45) is 40.7 Å². The lowest BCUT2D eigenvalue weighted by Crippen LogP contribution is -2.73. The van der Waals surface area contributed by atoms with Gasteiger partial charge in [0, 0.05) is 18.4 Å². The standard InChI is InChI=1S/C33H45NO2/c1-31(25-8-2-3-9-25)28-13-16-33(36-31)26-18-22(20-32(21-26)14-4-5-15-32)17-24-11-12-27(35)19-23(24)7-6-10-29(33)30(28)34/h11-12,19,22,25-26,28-30,35H,2-5,7-9,13-18,20-21,34H2,1H3. The molecule has 1 aromatic rings. The highest BCUT2D eigenvalue weighted by atomic mass is 16.5. The quantitative estimate of drug-likeness (QED) is 0.442. The fourth-order valence-corrected chi connectivity index (χ4v) is 10.6. The van der Waals surface area contributed by atoms with E-state index in [0.717, 1.165) is 12.8 Å². The maximum atomic E-state index is 10.3. The number of benzene rings is 1. The molecule has 3 N–H and O–H groups in total. The molecule has 2 heterocycles. The van der Waals surface area contributed by atoms with E-state index in [0.29, 0.717) is 41.3 Å². The van der Waals surface area contributed by atoms with E-state index in [9.17, 15) is 5.11 Å². The average Bonchev–Trinajstić information content (AvgIpc) is 3.55. The number of hydrogen-bond donors (Lipinski definition) is 2. The Morgan fingerprint density at radius 3 is 2.58 bits per heavy atom. The largest absolute Gasteiger partial charge is 0.508 e. The van der Waals surface area contributed by atoms with Gasteiger partial charge in [0.15, 0.2) is 0 Å². The van der Waals surface area contributed by atoms with Gasteiger partial charge in [0.2, 0.25) is 0 Å². The minimum Gasteiger partial charge on any atom is -0.508 e. The van der Waals surface area contributed by atoms with E-state index in [1.165, 1.54) is 88.2 Å². The van der Waals surface area contributed by atoms with Crippen molar-refractivity contribution in [1.82, 2.24) is 0 Å². The summed E-state index contributed by atoms with van der Waals surface area (Å²) in [7, 11) is 0. The first-order valence-corrected chi connectivity index (χ1v) is 15.2. The molecule has 2 spiro atoms. The van der Waals surface area contributed by atoms with E-state index < -0.39 is 0 Å². The molecule has 1 aromatic carbocycles. The molecule has 3 heteroatoms. The molecule has 2 aliphatic heterocycles. The molecular formula is C33H45NO2. The Bertz CT molecular complexity index is 1070. The van der Waals surface area contributed by atoms with Gasteiger partial charge in [0.1, 0.15) is 5.75 Å².